The van der Waals surface area contributed by atoms with Gasteiger partial charge in [0.05, 0.1) is 21.6 Å². The van der Waals surface area contributed by atoms with E-state index < -0.39 is 0 Å². The zero-order chi connectivity index (χ0) is 12.5. The van der Waals surface area contributed by atoms with Crippen molar-refractivity contribution < 1.29 is 4.79 Å². The highest BCUT2D eigenvalue weighted by Gasteiger charge is 2.22. The lowest BCUT2D eigenvalue weighted by atomic mass is 10.1. The van der Waals surface area contributed by atoms with Gasteiger partial charge in [0.1, 0.15) is 11.6 Å². The molecule has 3 rings (SSSR count). The Morgan fingerprint density at radius 1 is 1.50 bits per heavy atom. The molecule has 0 aliphatic carbocycles. The van der Waals surface area contributed by atoms with E-state index in [1.165, 1.54) is 0 Å². The predicted octanol–water partition coefficient (Wildman–Crippen LogP) is 1.57. The van der Waals surface area contributed by atoms with Crippen LogP contribution in [0.5, 0.6) is 0 Å². The summed E-state index contributed by atoms with van der Waals surface area (Å²) in [5.74, 6) is 0.0408. The van der Waals surface area contributed by atoms with Crippen LogP contribution in [0, 0.1) is 0 Å². The van der Waals surface area contributed by atoms with Gasteiger partial charge in [-0.15, -0.1) is 11.3 Å². The summed E-state index contributed by atoms with van der Waals surface area (Å²) in [6, 6.07) is 3.70. The van der Waals surface area contributed by atoms with E-state index in [4.69, 9.17) is 5.73 Å². The molecule has 1 atom stereocenters. The van der Waals surface area contributed by atoms with Crippen LogP contribution >= 0.6 is 11.3 Å². The van der Waals surface area contributed by atoms with Crippen molar-refractivity contribution in [3.8, 4) is 0 Å². The third-order valence-electron chi connectivity index (χ3n) is 3.16. The molecule has 1 aliphatic heterocycles. The first-order chi connectivity index (χ1) is 8.75. The number of thiazole rings is 1. The number of nitrogens with two attached hydrogens (primary N) is 1. The van der Waals surface area contributed by atoms with E-state index in [0.717, 1.165) is 35.3 Å². The highest BCUT2D eigenvalue weighted by Crippen LogP contribution is 2.30. The van der Waals surface area contributed by atoms with Gasteiger partial charge < -0.3 is 16.4 Å². The van der Waals surface area contributed by atoms with Gasteiger partial charge in [0.15, 0.2) is 0 Å². The van der Waals surface area contributed by atoms with Gasteiger partial charge >= 0.3 is 0 Å². The van der Waals surface area contributed by atoms with Gasteiger partial charge in [-0.2, -0.15) is 0 Å². The SMILES string of the molecule is Nc1c(NC2CCCNC2=O)ccc2scnc12. The lowest BCUT2D eigenvalue weighted by Crippen LogP contribution is -2.44. The van der Waals surface area contributed by atoms with Crippen molar-refractivity contribution in [2.45, 2.75) is 18.9 Å². The first kappa shape index (κ1) is 11.3. The van der Waals surface area contributed by atoms with Crippen LogP contribution in [0.15, 0.2) is 17.6 Å². The minimum atomic E-state index is -0.197. The van der Waals surface area contributed by atoms with Gasteiger partial charge in [0.2, 0.25) is 5.91 Å². The van der Waals surface area contributed by atoms with Gasteiger partial charge in [-0.05, 0) is 25.0 Å². The maximum Gasteiger partial charge on any atom is 0.242 e. The van der Waals surface area contributed by atoms with E-state index >= 15 is 0 Å². The second-order valence-electron chi connectivity index (χ2n) is 4.36. The van der Waals surface area contributed by atoms with Gasteiger partial charge in [-0.25, -0.2) is 4.98 Å². The smallest absolute Gasteiger partial charge is 0.242 e. The molecular formula is C12H14N4OS. The van der Waals surface area contributed by atoms with Crippen molar-refractivity contribution in [2.24, 2.45) is 0 Å². The first-order valence-corrected chi connectivity index (χ1v) is 6.79. The van der Waals surface area contributed by atoms with E-state index in [9.17, 15) is 4.79 Å². The summed E-state index contributed by atoms with van der Waals surface area (Å²) in [5, 5.41) is 6.06. The van der Waals surface area contributed by atoms with E-state index in [0.29, 0.717) is 5.69 Å². The molecule has 1 amide bonds. The number of carbonyl (C=O) groups is 1. The van der Waals surface area contributed by atoms with Crippen molar-refractivity contribution in [1.29, 1.82) is 0 Å². The molecular weight excluding hydrogens is 248 g/mol. The Kier molecular flexibility index (Phi) is 2.79. The summed E-state index contributed by atoms with van der Waals surface area (Å²) in [7, 11) is 0. The molecule has 0 bridgehead atoms. The average Bonchev–Trinajstić information content (AvgIpc) is 2.84. The summed E-state index contributed by atoms with van der Waals surface area (Å²) in [5.41, 5.74) is 10.1. The first-order valence-electron chi connectivity index (χ1n) is 5.91. The van der Waals surface area contributed by atoms with E-state index in [2.05, 4.69) is 15.6 Å². The number of nitrogen functional groups attached to an aromatic ring is 1. The number of aromatic nitrogens is 1. The molecule has 2 heterocycles. The molecule has 1 aliphatic rings. The monoisotopic (exact) mass is 262 g/mol. The molecule has 2 aromatic rings. The number of benzene rings is 1. The number of nitrogens with zero attached hydrogens (tertiary/aromatic N) is 1. The van der Waals surface area contributed by atoms with Crippen LogP contribution in [0.3, 0.4) is 0 Å². The topological polar surface area (TPSA) is 80.0 Å². The highest BCUT2D eigenvalue weighted by atomic mass is 32.1. The minimum Gasteiger partial charge on any atom is -0.395 e. The lowest BCUT2D eigenvalue weighted by molar-refractivity contribution is -0.123. The van der Waals surface area contributed by atoms with Crippen molar-refractivity contribution in [2.75, 3.05) is 17.6 Å². The van der Waals surface area contributed by atoms with E-state index in [1.807, 2.05) is 12.1 Å². The zero-order valence-electron chi connectivity index (χ0n) is 9.77. The maximum atomic E-state index is 11.7. The van der Waals surface area contributed by atoms with Gasteiger partial charge in [0.25, 0.3) is 0 Å². The summed E-state index contributed by atoms with van der Waals surface area (Å²) >= 11 is 1.56. The number of anilines is 2. The number of fused-ring (bicyclic) bond motifs is 1. The Bertz CT molecular complexity index is 595. The highest BCUT2D eigenvalue weighted by molar-refractivity contribution is 7.16. The van der Waals surface area contributed by atoms with Crippen molar-refractivity contribution in [3.05, 3.63) is 17.6 Å². The molecule has 0 spiro atoms. The Morgan fingerprint density at radius 3 is 3.22 bits per heavy atom. The molecule has 94 valence electrons. The Hall–Kier alpha value is -1.82. The molecule has 1 saturated heterocycles. The van der Waals surface area contributed by atoms with Crippen LogP contribution in [-0.4, -0.2) is 23.5 Å². The van der Waals surface area contributed by atoms with Gasteiger partial charge in [-0.3, -0.25) is 4.79 Å². The summed E-state index contributed by atoms with van der Waals surface area (Å²) in [4.78, 5) is 15.9. The number of nitrogens with one attached hydrogen (secondary N) is 2. The van der Waals surface area contributed by atoms with Crippen LogP contribution in [0.2, 0.25) is 0 Å². The van der Waals surface area contributed by atoms with Crippen LogP contribution < -0.4 is 16.4 Å². The number of amides is 1. The lowest BCUT2D eigenvalue weighted by Gasteiger charge is -2.24. The number of hydrogen-bond donors (Lipinski definition) is 3. The number of piperidine rings is 1. The van der Waals surface area contributed by atoms with Gasteiger partial charge in [-0.1, -0.05) is 0 Å². The second kappa shape index (κ2) is 4.45. The fourth-order valence-electron chi connectivity index (χ4n) is 2.18. The fraction of sp³-hybridized carbons (Fsp3) is 0.333. The Morgan fingerprint density at radius 2 is 2.39 bits per heavy atom. The molecule has 0 saturated carbocycles. The normalized spacial score (nSPS) is 19.8. The minimum absolute atomic E-state index is 0.0408. The summed E-state index contributed by atoms with van der Waals surface area (Å²) in [6.45, 7) is 0.762. The second-order valence-corrected chi connectivity index (χ2v) is 5.24. The zero-order valence-corrected chi connectivity index (χ0v) is 10.6. The largest absolute Gasteiger partial charge is 0.395 e. The van der Waals surface area contributed by atoms with Crippen LogP contribution in [0.25, 0.3) is 10.2 Å². The number of hydrogen-bond acceptors (Lipinski definition) is 5. The molecule has 1 aromatic heterocycles. The third kappa shape index (κ3) is 1.88. The van der Waals surface area contributed by atoms with Crippen molar-refractivity contribution in [3.63, 3.8) is 0 Å². The molecule has 5 nitrogen and oxygen atoms in total. The number of rotatable bonds is 2. The molecule has 6 heteroatoms. The van der Waals surface area contributed by atoms with Crippen LogP contribution in [0.4, 0.5) is 11.4 Å². The maximum absolute atomic E-state index is 11.7. The standard InChI is InChI=1S/C12H14N4OS/c13-10-7(3-4-9-11(10)15-6-18-9)16-8-2-1-5-14-12(8)17/h3-4,6,8,16H,1-2,5,13H2,(H,14,17). The average molecular weight is 262 g/mol. The summed E-state index contributed by atoms with van der Waals surface area (Å²) < 4.78 is 1.06. The molecule has 18 heavy (non-hydrogen) atoms. The molecule has 1 fully saturated rings. The molecule has 0 radical (unpaired) electrons. The summed E-state index contributed by atoms with van der Waals surface area (Å²) in [6.07, 6.45) is 1.82. The van der Waals surface area contributed by atoms with Crippen molar-refractivity contribution in [1.82, 2.24) is 10.3 Å². The fourth-order valence-corrected chi connectivity index (χ4v) is 2.87. The van der Waals surface area contributed by atoms with Crippen LogP contribution in [-0.2, 0) is 4.79 Å². The third-order valence-corrected chi connectivity index (χ3v) is 3.95. The van der Waals surface area contributed by atoms with Crippen molar-refractivity contribution >= 4 is 38.8 Å². The van der Waals surface area contributed by atoms with Gasteiger partial charge in [0, 0.05) is 6.54 Å². The van der Waals surface area contributed by atoms with Crippen LogP contribution in [0.1, 0.15) is 12.8 Å². The Labute approximate surface area is 108 Å². The molecule has 1 unspecified atom stereocenters. The quantitative estimate of drug-likeness (QED) is 0.718. The van der Waals surface area contributed by atoms with E-state index in [1.54, 1.807) is 16.8 Å². The Balaban J connectivity index is 1.89. The molecule has 4 N–H and O–H groups in total. The molecule has 1 aromatic carbocycles. The van der Waals surface area contributed by atoms with E-state index in [-0.39, 0.29) is 11.9 Å². The number of carbonyl (C=O) groups excluding carboxylic acids is 1. The predicted molar refractivity (Wildman–Crippen MR) is 73.7 cm³/mol.